The summed E-state index contributed by atoms with van der Waals surface area (Å²) in [7, 11) is 0. The molecule has 34 heavy (non-hydrogen) atoms. The van der Waals surface area contributed by atoms with E-state index in [9.17, 15) is 4.79 Å². The Hall–Kier alpha value is -4.47. The maximum absolute atomic E-state index is 15.2. The van der Waals surface area contributed by atoms with Gasteiger partial charge in [0.25, 0.3) is 5.91 Å². The Morgan fingerprint density at radius 1 is 1.18 bits per heavy atom. The molecule has 1 amide bonds. The molecule has 3 aromatic heterocycles. The van der Waals surface area contributed by atoms with Crippen LogP contribution in [0, 0.1) is 5.82 Å². The van der Waals surface area contributed by atoms with E-state index in [0.29, 0.717) is 28.2 Å². The summed E-state index contributed by atoms with van der Waals surface area (Å²) in [5.74, 6) is -0.234. The number of carbonyl (C=O) groups is 1. The van der Waals surface area contributed by atoms with Crippen LogP contribution in [0.5, 0.6) is 0 Å². The van der Waals surface area contributed by atoms with Gasteiger partial charge in [-0.2, -0.15) is 5.10 Å². The van der Waals surface area contributed by atoms with Crippen molar-refractivity contribution in [2.24, 2.45) is 0 Å². The molecule has 0 atom stereocenters. The molecule has 10 heteroatoms. The van der Waals surface area contributed by atoms with E-state index in [-0.39, 0.29) is 17.4 Å². The van der Waals surface area contributed by atoms with Crippen LogP contribution in [0.25, 0.3) is 27.7 Å². The van der Waals surface area contributed by atoms with E-state index >= 15 is 4.39 Å². The normalized spacial score (nSPS) is 11.8. The quantitative estimate of drug-likeness (QED) is 0.319. The van der Waals surface area contributed by atoms with E-state index in [4.69, 9.17) is 5.73 Å². The second-order valence-corrected chi connectivity index (χ2v) is 8.98. The van der Waals surface area contributed by atoms with Crippen LogP contribution >= 0.6 is 0 Å². The molecule has 2 aromatic carbocycles. The van der Waals surface area contributed by atoms with Crippen molar-refractivity contribution in [3.63, 3.8) is 0 Å². The number of nitrogens with two attached hydrogens (primary N) is 1. The summed E-state index contributed by atoms with van der Waals surface area (Å²) in [4.78, 5) is 24.7. The minimum absolute atomic E-state index is 0.185. The molecule has 0 aliphatic rings. The number of carbonyl (C=O) groups excluding carboxylic acids is 1. The zero-order chi connectivity index (χ0) is 24.0. The number of H-pyrrole nitrogens is 1. The van der Waals surface area contributed by atoms with Crippen molar-refractivity contribution in [2.75, 3.05) is 11.1 Å². The molecule has 5 rings (SSSR count). The fourth-order valence-electron chi connectivity index (χ4n) is 3.82. The van der Waals surface area contributed by atoms with Gasteiger partial charge < -0.3 is 21.4 Å². The molecule has 0 saturated carbocycles. The Morgan fingerprint density at radius 2 is 1.97 bits per heavy atom. The number of hydrogen-bond acceptors (Lipinski definition) is 6. The van der Waals surface area contributed by atoms with Crippen LogP contribution in [0.1, 0.15) is 31.1 Å². The van der Waals surface area contributed by atoms with Gasteiger partial charge in [0.1, 0.15) is 17.7 Å². The standard InChI is InChI=1S/C24H23FN8O/c1-24(2,3)32-22(34)14-11-33-20(21(26)27-12-28-33)19(14)13-8-9-16(15(25)10-13)29-23-30-17-6-4-5-7-18(17)31-23/h4-12H,1-3H3,(H,32,34)(H2,26,27,28)(H2,29,30,31). The number of aromatic nitrogens is 5. The Balaban J connectivity index is 1.57. The Labute approximate surface area is 194 Å². The Kier molecular flexibility index (Phi) is 4.93. The van der Waals surface area contributed by atoms with Crippen molar-refractivity contribution in [1.82, 2.24) is 29.9 Å². The number of fused-ring (bicyclic) bond motifs is 2. The summed E-state index contributed by atoms with van der Waals surface area (Å²) in [6.07, 6.45) is 2.88. The zero-order valence-electron chi connectivity index (χ0n) is 18.8. The second kappa shape index (κ2) is 7.84. The minimum atomic E-state index is -0.519. The minimum Gasteiger partial charge on any atom is -0.382 e. The molecule has 3 heterocycles. The highest BCUT2D eigenvalue weighted by molar-refractivity contribution is 6.07. The number of nitrogen functional groups attached to an aromatic ring is 1. The highest BCUT2D eigenvalue weighted by Gasteiger charge is 2.25. The molecule has 0 saturated heterocycles. The molecule has 0 aliphatic carbocycles. The molecule has 0 radical (unpaired) electrons. The second-order valence-electron chi connectivity index (χ2n) is 8.98. The van der Waals surface area contributed by atoms with Crippen molar-refractivity contribution in [3.05, 3.63) is 66.4 Å². The highest BCUT2D eigenvalue weighted by Crippen LogP contribution is 2.34. The third-order valence-electron chi connectivity index (χ3n) is 5.24. The number of aromatic amines is 1. The van der Waals surface area contributed by atoms with Gasteiger partial charge in [0.15, 0.2) is 5.82 Å². The first-order valence-corrected chi connectivity index (χ1v) is 10.7. The van der Waals surface area contributed by atoms with Gasteiger partial charge in [0, 0.05) is 17.3 Å². The molecule has 172 valence electrons. The molecule has 0 unspecified atom stereocenters. The van der Waals surface area contributed by atoms with Crippen molar-refractivity contribution in [2.45, 2.75) is 26.3 Å². The number of rotatable bonds is 4. The molecule has 0 bridgehead atoms. The monoisotopic (exact) mass is 458 g/mol. The maximum Gasteiger partial charge on any atom is 0.253 e. The Bertz CT molecular complexity index is 1510. The first-order chi connectivity index (χ1) is 16.2. The van der Waals surface area contributed by atoms with E-state index in [1.807, 2.05) is 45.0 Å². The predicted octanol–water partition coefficient (Wildman–Crippen LogP) is 4.27. The van der Waals surface area contributed by atoms with E-state index in [0.717, 1.165) is 11.0 Å². The van der Waals surface area contributed by atoms with Crippen molar-refractivity contribution < 1.29 is 9.18 Å². The lowest BCUT2D eigenvalue weighted by atomic mass is 10.00. The van der Waals surface area contributed by atoms with Crippen molar-refractivity contribution in [3.8, 4) is 11.1 Å². The van der Waals surface area contributed by atoms with Crippen molar-refractivity contribution >= 4 is 39.9 Å². The lowest BCUT2D eigenvalue weighted by Gasteiger charge is -2.20. The molecule has 0 fully saturated rings. The van der Waals surface area contributed by atoms with Crippen LogP contribution in [0.3, 0.4) is 0 Å². The van der Waals surface area contributed by atoms with Crippen molar-refractivity contribution in [1.29, 1.82) is 0 Å². The summed E-state index contributed by atoms with van der Waals surface area (Å²) in [5.41, 5.74) is 9.17. The average molecular weight is 459 g/mol. The topological polar surface area (TPSA) is 126 Å². The molecule has 0 aliphatic heterocycles. The lowest BCUT2D eigenvalue weighted by molar-refractivity contribution is 0.0920. The van der Waals surface area contributed by atoms with Gasteiger partial charge >= 0.3 is 0 Å². The SMILES string of the molecule is CC(C)(C)NC(=O)c1cn2ncnc(N)c2c1-c1ccc(Nc2nc3ccccc3[nH]2)c(F)c1. The third-order valence-corrected chi connectivity index (χ3v) is 5.24. The third kappa shape index (κ3) is 3.90. The fourth-order valence-corrected chi connectivity index (χ4v) is 3.82. The lowest BCUT2D eigenvalue weighted by Crippen LogP contribution is -2.40. The summed E-state index contributed by atoms with van der Waals surface area (Å²) in [6.45, 7) is 5.65. The van der Waals surface area contributed by atoms with Crippen LogP contribution < -0.4 is 16.4 Å². The van der Waals surface area contributed by atoms with Crippen LogP contribution in [-0.2, 0) is 0 Å². The molecule has 5 aromatic rings. The number of amides is 1. The van der Waals surface area contributed by atoms with E-state index < -0.39 is 11.4 Å². The summed E-state index contributed by atoms with van der Waals surface area (Å²) < 4.78 is 16.7. The number of halogens is 1. The number of anilines is 3. The maximum atomic E-state index is 15.2. The van der Waals surface area contributed by atoms with Gasteiger partial charge in [-0.25, -0.2) is 18.9 Å². The number of nitrogens with zero attached hydrogens (tertiary/aromatic N) is 4. The van der Waals surface area contributed by atoms with Crippen LogP contribution in [0.2, 0.25) is 0 Å². The van der Waals surface area contributed by atoms with Gasteiger partial charge in [-0.15, -0.1) is 0 Å². The molecule has 9 nitrogen and oxygen atoms in total. The highest BCUT2D eigenvalue weighted by atomic mass is 19.1. The molecular weight excluding hydrogens is 435 g/mol. The summed E-state index contributed by atoms with van der Waals surface area (Å²) in [6, 6.07) is 12.2. The number of imidazole rings is 1. The average Bonchev–Trinajstić information content (AvgIpc) is 3.36. The van der Waals surface area contributed by atoms with E-state index in [1.165, 1.54) is 16.9 Å². The predicted molar refractivity (Wildman–Crippen MR) is 129 cm³/mol. The summed E-state index contributed by atoms with van der Waals surface area (Å²) >= 11 is 0. The Morgan fingerprint density at radius 3 is 2.71 bits per heavy atom. The molecular formula is C24H23FN8O. The van der Waals surface area contributed by atoms with Gasteiger partial charge in [0.2, 0.25) is 5.95 Å². The van der Waals surface area contributed by atoms with Gasteiger partial charge in [-0.1, -0.05) is 18.2 Å². The molecule has 5 N–H and O–H groups in total. The molecule has 0 spiro atoms. The van der Waals surface area contributed by atoms with Gasteiger partial charge in [0.05, 0.1) is 22.3 Å². The largest absolute Gasteiger partial charge is 0.382 e. The number of para-hydroxylation sites is 2. The number of nitrogens with one attached hydrogen (secondary N) is 3. The zero-order valence-corrected chi connectivity index (χ0v) is 18.8. The van der Waals surface area contributed by atoms with Gasteiger partial charge in [-0.05, 0) is 50.6 Å². The number of benzene rings is 2. The van der Waals surface area contributed by atoms with Crippen LogP contribution in [0.15, 0.2) is 55.0 Å². The van der Waals surface area contributed by atoms with E-state index in [1.54, 1.807) is 18.3 Å². The first-order valence-electron chi connectivity index (χ1n) is 10.7. The smallest absolute Gasteiger partial charge is 0.253 e. The van der Waals surface area contributed by atoms with Crippen LogP contribution in [0.4, 0.5) is 21.8 Å². The van der Waals surface area contributed by atoms with E-state index in [2.05, 4.69) is 30.7 Å². The van der Waals surface area contributed by atoms with Gasteiger partial charge in [-0.3, -0.25) is 4.79 Å². The summed E-state index contributed by atoms with van der Waals surface area (Å²) in [5, 5.41) is 10.1. The van der Waals surface area contributed by atoms with Crippen LogP contribution in [-0.4, -0.2) is 36.0 Å². The fraction of sp³-hybridized carbons (Fsp3) is 0.167. The number of hydrogen-bond donors (Lipinski definition) is 4. The first kappa shape index (κ1) is 21.4.